The lowest BCUT2D eigenvalue weighted by Crippen LogP contribution is -2.21. The summed E-state index contributed by atoms with van der Waals surface area (Å²) in [7, 11) is 1.48. The summed E-state index contributed by atoms with van der Waals surface area (Å²) in [6.45, 7) is 3.39. The van der Waals surface area contributed by atoms with Gasteiger partial charge in [-0.1, -0.05) is 23.4 Å². The molecule has 0 saturated carbocycles. The second kappa shape index (κ2) is 10.3. The van der Waals surface area contributed by atoms with Crippen molar-refractivity contribution in [1.82, 2.24) is 9.97 Å². The predicted octanol–water partition coefficient (Wildman–Crippen LogP) is 3.59. The summed E-state index contributed by atoms with van der Waals surface area (Å²) in [5, 5.41) is 3.77. The molecule has 0 aliphatic carbocycles. The first-order valence-corrected chi connectivity index (χ1v) is 10.1. The second-order valence-electron chi connectivity index (χ2n) is 5.91. The SMILES string of the molecule is COc1ccc(Cl)cc1NC(=O)COC(=O)CCc1c(C)nc(SC)nc1C. The van der Waals surface area contributed by atoms with Crippen molar-refractivity contribution in [1.29, 1.82) is 0 Å². The Morgan fingerprint density at radius 2 is 1.89 bits per heavy atom. The number of benzene rings is 1. The number of rotatable bonds is 8. The summed E-state index contributed by atoms with van der Waals surface area (Å²) in [4.78, 5) is 32.8. The lowest BCUT2D eigenvalue weighted by Gasteiger charge is -2.11. The molecule has 1 aromatic heterocycles. The molecular formula is C19H22ClN3O4S. The van der Waals surface area contributed by atoms with Crippen molar-refractivity contribution in [2.75, 3.05) is 25.3 Å². The number of nitrogens with one attached hydrogen (secondary N) is 1. The van der Waals surface area contributed by atoms with Gasteiger partial charge in [0, 0.05) is 22.8 Å². The maximum Gasteiger partial charge on any atom is 0.306 e. The summed E-state index contributed by atoms with van der Waals surface area (Å²) in [6, 6.07) is 4.85. The van der Waals surface area contributed by atoms with Crippen molar-refractivity contribution in [3.05, 3.63) is 40.2 Å². The Balaban J connectivity index is 1.86. The highest BCUT2D eigenvalue weighted by molar-refractivity contribution is 7.98. The quantitative estimate of drug-likeness (QED) is 0.394. The Labute approximate surface area is 173 Å². The Morgan fingerprint density at radius 1 is 1.21 bits per heavy atom. The molecule has 0 bridgehead atoms. The van der Waals surface area contributed by atoms with Crippen molar-refractivity contribution < 1.29 is 19.1 Å². The molecule has 0 radical (unpaired) electrons. The maximum absolute atomic E-state index is 12.0. The van der Waals surface area contributed by atoms with Gasteiger partial charge in [-0.3, -0.25) is 9.59 Å². The average molecular weight is 424 g/mol. The van der Waals surface area contributed by atoms with E-state index in [1.807, 2.05) is 20.1 Å². The van der Waals surface area contributed by atoms with Gasteiger partial charge >= 0.3 is 5.97 Å². The van der Waals surface area contributed by atoms with Gasteiger partial charge in [0.2, 0.25) is 0 Å². The van der Waals surface area contributed by atoms with Gasteiger partial charge in [-0.2, -0.15) is 0 Å². The van der Waals surface area contributed by atoms with Gasteiger partial charge in [0.05, 0.1) is 12.8 Å². The van der Waals surface area contributed by atoms with Crippen LogP contribution in [0.4, 0.5) is 5.69 Å². The lowest BCUT2D eigenvalue weighted by atomic mass is 10.1. The molecule has 1 heterocycles. The molecule has 1 N–H and O–H groups in total. The van der Waals surface area contributed by atoms with Crippen LogP contribution in [0.1, 0.15) is 23.4 Å². The zero-order chi connectivity index (χ0) is 20.7. The van der Waals surface area contributed by atoms with Crippen molar-refractivity contribution in [3.8, 4) is 5.75 Å². The van der Waals surface area contributed by atoms with Crippen LogP contribution in [0.5, 0.6) is 5.75 Å². The molecule has 150 valence electrons. The van der Waals surface area contributed by atoms with Gasteiger partial charge in [-0.05, 0) is 50.3 Å². The first kappa shape index (κ1) is 22.0. The van der Waals surface area contributed by atoms with Crippen molar-refractivity contribution in [2.45, 2.75) is 31.8 Å². The van der Waals surface area contributed by atoms with E-state index in [-0.39, 0.29) is 6.42 Å². The number of aryl methyl sites for hydroxylation is 2. The fourth-order valence-electron chi connectivity index (χ4n) is 2.57. The summed E-state index contributed by atoms with van der Waals surface area (Å²) >= 11 is 7.40. The molecule has 0 unspecified atom stereocenters. The zero-order valence-electron chi connectivity index (χ0n) is 16.2. The van der Waals surface area contributed by atoms with E-state index in [0.717, 1.165) is 17.0 Å². The lowest BCUT2D eigenvalue weighted by molar-refractivity contribution is -0.147. The van der Waals surface area contributed by atoms with Gasteiger partial charge in [0.1, 0.15) is 5.75 Å². The first-order chi connectivity index (χ1) is 13.3. The van der Waals surface area contributed by atoms with E-state index in [9.17, 15) is 9.59 Å². The number of hydrogen-bond acceptors (Lipinski definition) is 7. The molecule has 1 amide bonds. The molecule has 0 aliphatic heterocycles. The van der Waals surface area contributed by atoms with Crippen LogP contribution in [-0.2, 0) is 20.7 Å². The third-order valence-corrected chi connectivity index (χ3v) is 4.74. The average Bonchev–Trinajstić information content (AvgIpc) is 2.65. The van der Waals surface area contributed by atoms with Gasteiger partial charge < -0.3 is 14.8 Å². The molecule has 0 saturated heterocycles. The van der Waals surface area contributed by atoms with Gasteiger partial charge in [-0.15, -0.1) is 0 Å². The van der Waals surface area contributed by atoms with E-state index in [2.05, 4.69) is 15.3 Å². The fraction of sp³-hybridized carbons (Fsp3) is 0.368. The molecular weight excluding hydrogens is 402 g/mol. The number of hydrogen-bond donors (Lipinski definition) is 1. The number of methoxy groups -OCH3 is 1. The van der Waals surface area contributed by atoms with Crippen LogP contribution in [0, 0.1) is 13.8 Å². The zero-order valence-corrected chi connectivity index (χ0v) is 17.7. The molecule has 2 rings (SSSR count). The molecule has 0 fully saturated rings. The van der Waals surface area contributed by atoms with Crippen molar-refractivity contribution in [2.24, 2.45) is 0 Å². The highest BCUT2D eigenvalue weighted by Crippen LogP contribution is 2.27. The van der Waals surface area contributed by atoms with Crippen LogP contribution in [0.25, 0.3) is 0 Å². The maximum atomic E-state index is 12.0. The smallest absolute Gasteiger partial charge is 0.306 e. The standard InChI is InChI=1S/C19H22ClN3O4S/c1-11-14(12(2)22-19(21-11)28-4)6-8-18(25)27-10-17(24)23-15-9-13(20)5-7-16(15)26-3/h5,7,9H,6,8,10H2,1-4H3,(H,23,24). The number of carbonyl (C=O) groups is 2. The van der Waals surface area contributed by atoms with E-state index in [0.29, 0.717) is 28.0 Å². The largest absolute Gasteiger partial charge is 0.495 e. The number of anilines is 1. The van der Waals surface area contributed by atoms with Gasteiger partial charge in [0.15, 0.2) is 11.8 Å². The van der Waals surface area contributed by atoms with E-state index in [4.69, 9.17) is 21.1 Å². The van der Waals surface area contributed by atoms with Crippen LogP contribution in [0.3, 0.4) is 0 Å². The second-order valence-corrected chi connectivity index (χ2v) is 7.12. The van der Waals surface area contributed by atoms with E-state index in [1.54, 1.807) is 18.2 Å². The molecule has 0 aliphatic rings. The summed E-state index contributed by atoms with van der Waals surface area (Å²) in [6.07, 6.45) is 2.50. The molecule has 0 spiro atoms. The van der Waals surface area contributed by atoms with Crippen LogP contribution in [0.15, 0.2) is 23.4 Å². The molecule has 28 heavy (non-hydrogen) atoms. The summed E-state index contributed by atoms with van der Waals surface area (Å²) < 4.78 is 10.2. The van der Waals surface area contributed by atoms with Crippen molar-refractivity contribution in [3.63, 3.8) is 0 Å². The van der Waals surface area contributed by atoms with E-state index in [1.165, 1.54) is 18.9 Å². The number of aromatic nitrogens is 2. The number of carbonyl (C=O) groups excluding carboxylic acids is 2. The van der Waals surface area contributed by atoms with Gasteiger partial charge in [-0.25, -0.2) is 9.97 Å². The number of nitrogens with zero attached hydrogens (tertiary/aromatic N) is 2. The molecule has 2 aromatic rings. The highest BCUT2D eigenvalue weighted by Gasteiger charge is 2.14. The number of thioether (sulfide) groups is 1. The third-order valence-electron chi connectivity index (χ3n) is 3.96. The minimum absolute atomic E-state index is 0.136. The van der Waals surface area contributed by atoms with Crippen LogP contribution in [-0.4, -0.2) is 41.8 Å². The molecule has 0 atom stereocenters. The van der Waals surface area contributed by atoms with Crippen LogP contribution < -0.4 is 10.1 Å². The Bertz CT molecular complexity index is 853. The Kier molecular flexibility index (Phi) is 8.07. The predicted molar refractivity (Wildman–Crippen MR) is 109 cm³/mol. The van der Waals surface area contributed by atoms with Crippen LogP contribution in [0.2, 0.25) is 5.02 Å². The summed E-state index contributed by atoms with van der Waals surface area (Å²) in [5.41, 5.74) is 3.02. The summed E-state index contributed by atoms with van der Waals surface area (Å²) in [5.74, 6) is -0.487. The Hall–Kier alpha value is -2.32. The van der Waals surface area contributed by atoms with Gasteiger partial charge in [0.25, 0.3) is 5.91 Å². The molecule has 9 heteroatoms. The number of amides is 1. The minimum Gasteiger partial charge on any atom is -0.495 e. The third kappa shape index (κ3) is 6.10. The fourth-order valence-corrected chi connectivity index (χ4v) is 3.20. The normalized spacial score (nSPS) is 10.5. The first-order valence-electron chi connectivity index (χ1n) is 8.51. The number of ether oxygens (including phenoxy) is 2. The molecule has 1 aromatic carbocycles. The number of esters is 1. The van der Waals surface area contributed by atoms with Crippen molar-refractivity contribution >= 4 is 40.9 Å². The monoisotopic (exact) mass is 423 g/mol. The topological polar surface area (TPSA) is 90.4 Å². The molecule has 7 nitrogen and oxygen atoms in total. The number of halogens is 1. The minimum atomic E-state index is -0.478. The Morgan fingerprint density at radius 3 is 2.50 bits per heavy atom. The van der Waals surface area contributed by atoms with E-state index >= 15 is 0 Å². The highest BCUT2D eigenvalue weighted by atomic mass is 35.5. The van der Waals surface area contributed by atoms with E-state index < -0.39 is 18.5 Å². The van der Waals surface area contributed by atoms with Crippen LogP contribution >= 0.6 is 23.4 Å².